The van der Waals surface area contributed by atoms with Gasteiger partial charge in [-0.25, -0.2) is 0 Å². The molecule has 1 saturated carbocycles. The number of nitrogens with zero attached hydrogens (tertiary/aromatic N) is 3. The van der Waals surface area contributed by atoms with Gasteiger partial charge in [0.25, 0.3) is 0 Å². The lowest BCUT2D eigenvalue weighted by molar-refractivity contribution is 0.283. The number of rotatable bonds is 5. The molecular weight excluding hydrogens is 212 g/mol. The van der Waals surface area contributed by atoms with Crippen LogP contribution in [-0.2, 0) is 13.5 Å². The van der Waals surface area contributed by atoms with Gasteiger partial charge in [-0.05, 0) is 44.6 Å². The number of hydrogen-bond donors (Lipinski definition) is 1. The Morgan fingerprint density at radius 2 is 2.35 bits per heavy atom. The summed E-state index contributed by atoms with van der Waals surface area (Å²) >= 11 is 0. The third-order valence-electron chi connectivity index (χ3n) is 3.61. The number of nitrogens with one attached hydrogen (secondary N) is 1. The molecule has 2 rings (SSSR count). The minimum atomic E-state index is 0.727. The average Bonchev–Trinajstić information content (AvgIpc) is 2.73. The molecule has 1 aliphatic carbocycles. The van der Waals surface area contributed by atoms with Crippen molar-refractivity contribution in [2.45, 2.75) is 51.5 Å². The molecule has 0 bridgehead atoms. The predicted octanol–water partition coefficient (Wildman–Crippen LogP) is 1.92. The molecule has 0 radical (unpaired) electrons. The molecule has 0 spiro atoms. The molecule has 96 valence electrons. The van der Waals surface area contributed by atoms with Gasteiger partial charge in [-0.15, -0.1) is 5.10 Å². The van der Waals surface area contributed by atoms with E-state index in [2.05, 4.69) is 22.6 Å². The maximum Gasteiger partial charge on any atom is 0.0829 e. The van der Waals surface area contributed by atoms with E-state index < -0.39 is 0 Å². The molecule has 1 fully saturated rings. The molecule has 1 aromatic heterocycles. The summed E-state index contributed by atoms with van der Waals surface area (Å²) in [5, 5.41) is 11.8. The van der Waals surface area contributed by atoms with E-state index in [-0.39, 0.29) is 0 Å². The van der Waals surface area contributed by atoms with Gasteiger partial charge in [-0.2, -0.15) is 0 Å². The van der Waals surface area contributed by atoms with E-state index in [4.69, 9.17) is 0 Å². The quantitative estimate of drug-likeness (QED) is 0.849. The normalized spacial score (nSPS) is 25.1. The van der Waals surface area contributed by atoms with Crippen LogP contribution in [0.1, 0.15) is 44.7 Å². The van der Waals surface area contributed by atoms with E-state index in [0.29, 0.717) is 0 Å². The third-order valence-corrected chi connectivity index (χ3v) is 3.61. The number of aromatic nitrogens is 3. The Morgan fingerprint density at radius 3 is 3.06 bits per heavy atom. The molecule has 1 N–H and O–H groups in total. The second kappa shape index (κ2) is 6.15. The zero-order chi connectivity index (χ0) is 12.1. The van der Waals surface area contributed by atoms with Crippen LogP contribution in [0.5, 0.6) is 0 Å². The molecular formula is C13H24N4. The first-order chi connectivity index (χ1) is 8.28. The van der Waals surface area contributed by atoms with Crippen molar-refractivity contribution in [2.75, 3.05) is 6.54 Å². The first kappa shape index (κ1) is 12.6. The van der Waals surface area contributed by atoms with Crippen LogP contribution in [0.2, 0.25) is 0 Å². The Hall–Kier alpha value is -0.900. The first-order valence-electron chi connectivity index (χ1n) is 6.86. The highest BCUT2D eigenvalue weighted by molar-refractivity contribution is 4.95. The lowest BCUT2D eigenvalue weighted by atomic mass is 9.83. The molecule has 1 aromatic rings. The van der Waals surface area contributed by atoms with Crippen molar-refractivity contribution in [1.82, 2.24) is 20.3 Å². The summed E-state index contributed by atoms with van der Waals surface area (Å²) in [5.74, 6) is 0.787. The Kier molecular flexibility index (Phi) is 4.54. The van der Waals surface area contributed by atoms with Gasteiger partial charge in [0.05, 0.1) is 5.69 Å². The van der Waals surface area contributed by atoms with Gasteiger partial charge < -0.3 is 5.32 Å². The minimum Gasteiger partial charge on any atom is -0.314 e. The average molecular weight is 236 g/mol. The number of aryl methyl sites for hydroxylation is 1. The number of hydrogen-bond acceptors (Lipinski definition) is 3. The highest BCUT2D eigenvalue weighted by Crippen LogP contribution is 2.26. The molecule has 0 aliphatic heterocycles. The summed E-state index contributed by atoms with van der Waals surface area (Å²) in [6.45, 7) is 3.38. The van der Waals surface area contributed by atoms with Crippen molar-refractivity contribution in [2.24, 2.45) is 13.0 Å². The van der Waals surface area contributed by atoms with Crippen LogP contribution in [0, 0.1) is 5.92 Å². The lowest BCUT2D eigenvalue weighted by Gasteiger charge is -2.29. The van der Waals surface area contributed by atoms with Crippen molar-refractivity contribution < 1.29 is 0 Å². The summed E-state index contributed by atoms with van der Waals surface area (Å²) < 4.78 is 1.80. The van der Waals surface area contributed by atoms with E-state index in [0.717, 1.165) is 30.6 Å². The van der Waals surface area contributed by atoms with Gasteiger partial charge in [0.1, 0.15) is 0 Å². The van der Waals surface area contributed by atoms with E-state index in [1.54, 1.807) is 4.68 Å². The maximum absolute atomic E-state index is 4.19. The van der Waals surface area contributed by atoms with Gasteiger partial charge in [-0.1, -0.05) is 18.6 Å². The first-order valence-corrected chi connectivity index (χ1v) is 6.86. The van der Waals surface area contributed by atoms with Crippen LogP contribution in [0.3, 0.4) is 0 Å². The van der Waals surface area contributed by atoms with E-state index in [1.165, 1.54) is 32.1 Å². The van der Waals surface area contributed by atoms with E-state index in [1.807, 2.05) is 13.2 Å². The Bertz CT molecular complexity index is 334. The SMILES string of the molecule is CCCNC1CCCC(Cc2cn(C)nn2)C1. The predicted molar refractivity (Wildman–Crippen MR) is 68.7 cm³/mol. The standard InChI is InChI=1S/C13H24N4/c1-3-7-14-12-6-4-5-11(8-12)9-13-10-17(2)16-15-13/h10-12,14H,3-9H2,1-2H3. The lowest BCUT2D eigenvalue weighted by Crippen LogP contribution is -2.35. The van der Waals surface area contributed by atoms with Crippen molar-refractivity contribution in [1.29, 1.82) is 0 Å². The summed E-state index contributed by atoms with van der Waals surface area (Å²) in [5.41, 5.74) is 1.15. The van der Waals surface area contributed by atoms with Crippen LogP contribution < -0.4 is 5.32 Å². The maximum atomic E-state index is 4.19. The van der Waals surface area contributed by atoms with Crippen LogP contribution in [0.4, 0.5) is 0 Å². The van der Waals surface area contributed by atoms with Crippen molar-refractivity contribution in [3.05, 3.63) is 11.9 Å². The fourth-order valence-corrected chi connectivity index (χ4v) is 2.79. The third kappa shape index (κ3) is 3.80. The van der Waals surface area contributed by atoms with Gasteiger partial charge in [0, 0.05) is 19.3 Å². The molecule has 0 saturated heterocycles. The second-order valence-electron chi connectivity index (χ2n) is 5.27. The van der Waals surface area contributed by atoms with Crippen LogP contribution in [0.25, 0.3) is 0 Å². The van der Waals surface area contributed by atoms with Crippen LogP contribution >= 0.6 is 0 Å². The van der Waals surface area contributed by atoms with Gasteiger partial charge in [0.2, 0.25) is 0 Å². The Balaban J connectivity index is 1.80. The largest absolute Gasteiger partial charge is 0.314 e. The summed E-state index contributed by atoms with van der Waals surface area (Å²) in [6.07, 6.45) is 9.72. The Labute approximate surface area is 104 Å². The fraction of sp³-hybridized carbons (Fsp3) is 0.846. The monoisotopic (exact) mass is 236 g/mol. The summed E-state index contributed by atoms with van der Waals surface area (Å²) in [4.78, 5) is 0. The molecule has 2 unspecified atom stereocenters. The summed E-state index contributed by atoms with van der Waals surface area (Å²) in [6, 6.07) is 0.727. The topological polar surface area (TPSA) is 42.7 Å². The molecule has 1 aliphatic rings. The van der Waals surface area contributed by atoms with Gasteiger partial charge >= 0.3 is 0 Å². The smallest absolute Gasteiger partial charge is 0.0829 e. The zero-order valence-electron chi connectivity index (χ0n) is 11.0. The van der Waals surface area contributed by atoms with Crippen molar-refractivity contribution >= 4 is 0 Å². The minimum absolute atomic E-state index is 0.727. The van der Waals surface area contributed by atoms with Crippen LogP contribution in [0.15, 0.2) is 6.20 Å². The molecule has 1 heterocycles. The fourth-order valence-electron chi connectivity index (χ4n) is 2.79. The van der Waals surface area contributed by atoms with Crippen LogP contribution in [-0.4, -0.2) is 27.6 Å². The van der Waals surface area contributed by atoms with Gasteiger partial charge in [-0.3, -0.25) is 4.68 Å². The highest BCUT2D eigenvalue weighted by Gasteiger charge is 2.22. The summed E-state index contributed by atoms with van der Waals surface area (Å²) in [7, 11) is 1.93. The van der Waals surface area contributed by atoms with E-state index in [9.17, 15) is 0 Å². The van der Waals surface area contributed by atoms with Crippen molar-refractivity contribution in [3.63, 3.8) is 0 Å². The van der Waals surface area contributed by atoms with E-state index >= 15 is 0 Å². The molecule has 4 heteroatoms. The molecule has 0 amide bonds. The van der Waals surface area contributed by atoms with Crippen molar-refractivity contribution in [3.8, 4) is 0 Å². The molecule has 0 aromatic carbocycles. The molecule has 17 heavy (non-hydrogen) atoms. The molecule has 2 atom stereocenters. The Morgan fingerprint density at radius 1 is 1.47 bits per heavy atom. The second-order valence-corrected chi connectivity index (χ2v) is 5.27. The molecule has 4 nitrogen and oxygen atoms in total. The highest BCUT2D eigenvalue weighted by atomic mass is 15.4. The zero-order valence-corrected chi connectivity index (χ0v) is 11.0. The van der Waals surface area contributed by atoms with Gasteiger partial charge in [0.15, 0.2) is 0 Å².